The highest BCUT2D eigenvalue weighted by Gasteiger charge is 2.34. The highest BCUT2D eigenvalue weighted by molar-refractivity contribution is 6.76. The average Bonchev–Trinajstić information content (AvgIpc) is 3.03. The molecule has 10 heteroatoms. The second kappa shape index (κ2) is 10.0. The first kappa shape index (κ1) is 23.1. The minimum Gasteiger partial charge on any atom is -0.480 e. The monoisotopic (exact) mass is 424 g/mol. The lowest BCUT2D eigenvalue weighted by Gasteiger charge is -2.28. The van der Waals surface area contributed by atoms with Crippen LogP contribution in [0.5, 0.6) is 0 Å². The van der Waals surface area contributed by atoms with Crippen molar-refractivity contribution < 1.29 is 24.2 Å². The number of ether oxygens (including phenoxy) is 1. The Morgan fingerprint density at radius 1 is 1.38 bits per heavy atom. The van der Waals surface area contributed by atoms with Crippen LogP contribution in [0.4, 0.5) is 0 Å². The summed E-state index contributed by atoms with van der Waals surface area (Å²) in [5.41, 5.74) is 0.313. The fourth-order valence-electron chi connectivity index (χ4n) is 3.10. The third-order valence-corrected chi connectivity index (χ3v) is 6.73. The molecule has 0 aromatic carbocycles. The second-order valence-electron chi connectivity index (χ2n) is 8.66. The van der Waals surface area contributed by atoms with Gasteiger partial charge < -0.3 is 24.6 Å². The van der Waals surface area contributed by atoms with Crippen LogP contribution < -0.4 is 5.32 Å². The summed E-state index contributed by atoms with van der Waals surface area (Å²) in [6, 6.07) is -0.648. The molecule has 1 aromatic rings. The number of aromatic nitrogens is 2. The van der Waals surface area contributed by atoms with Crippen molar-refractivity contribution in [3.05, 3.63) is 18.2 Å². The number of nitrogens with zero attached hydrogens (tertiary/aromatic N) is 3. The van der Waals surface area contributed by atoms with Crippen molar-refractivity contribution >= 4 is 25.9 Å². The molecule has 1 aliphatic heterocycles. The van der Waals surface area contributed by atoms with Crippen LogP contribution in [-0.4, -0.2) is 70.7 Å². The number of carbonyl (C=O) groups is 3. The number of amides is 2. The SMILES string of the molecule is CC(C(=O)O)N1CCCC[C@H](NC(=O)c2cncn2COCC[Si](C)(C)C)C1=O. The minimum atomic E-state index is -1.19. The Bertz CT molecular complexity index is 730. The summed E-state index contributed by atoms with van der Waals surface area (Å²) < 4.78 is 7.30. The quantitative estimate of drug-likeness (QED) is 0.461. The fraction of sp³-hybridized carbons (Fsp3) is 0.684. The highest BCUT2D eigenvalue weighted by Crippen LogP contribution is 2.16. The lowest BCUT2D eigenvalue weighted by atomic mass is 10.1. The molecule has 2 amide bonds. The summed E-state index contributed by atoms with van der Waals surface area (Å²) in [6.45, 7) is 9.51. The molecule has 1 unspecified atom stereocenters. The molecule has 0 saturated carbocycles. The van der Waals surface area contributed by atoms with Gasteiger partial charge >= 0.3 is 5.97 Å². The van der Waals surface area contributed by atoms with E-state index in [9.17, 15) is 19.5 Å². The predicted octanol–water partition coefficient (Wildman–Crippen LogP) is 1.78. The first-order chi connectivity index (χ1) is 13.6. The van der Waals surface area contributed by atoms with Gasteiger partial charge in [-0.25, -0.2) is 9.78 Å². The zero-order valence-corrected chi connectivity index (χ0v) is 18.7. The molecule has 2 heterocycles. The largest absolute Gasteiger partial charge is 0.480 e. The van der Waals surface area contributed by atoms with Gasteiger partial charge in [-0.1, -0.05) is 19.6 Å². The molecular weight excluding hydrogens is 392 g/mol. The van der Waals surface area contributed by atoms with Gasteiger partial charge in [-0.3, -0.25) is 9.59 Å². The smallest absolute Gasteiger partial charge is 0.326 e. The van der Waals surface area contributed by atoms with Gasteiger partial charge in [0.1, 0.15) is 24.5 Å². The van der Waals surface area contributed by atoms with Crippen molar-refractivity contribution in [1.29, 1.82) is 0 Å². The average molecular weight is 425 g/mol. The van der Waals surface area contributed by atoms with Gasteiger partial charge in [0.15, 0.2) is 0 Å². The second-order valence-corrected chi connectivity index (χ2v) is 14.3. The van der Waals surface area contributed by atoms with Crippen molar-refractivity contribution in [2.45, 2.75) is 70.7 Å². The molecular formula is C19H32N4O5Si. The van der Waals surface area contributed by atoms with Crippen LogP contribution in [0, 0.1) is 0 Å². The Hall–Kier alpha value is -2.20. The van der Waals surface area contributed by atoms with Crippen molar-refractivity contribution in [1.82, 2.24) is 19.8 Å². The Labute approximate surface area is 172 Å². The third-order valence-electron chi connectivity index (χ3n) is 5.02. The van der Waals surface area contributed by atoms with Gasteiger partial charge in [0.25, 0.3) is 5.91 Å². The number of hydrogen-bond acceptors (Lipinski definition) is 5. The number of carboxylic acid groups (broad SMARTS) is 1. The number of imidazole rings is 1. The lowest BCUT2D eigenvalue weighted by Crippen LogP contribution is -2.52. The van der Waals surface area contributed by atoms with Gasteiger partial charge in [-0.05, 0) is 32.2 Å². The van der Waals surface area contributed by atoms with Crippen molar-refractivity contribution in [2.24, 2.45) is 0 Å². The maximum atomic E-state index is 12.8. The number of nitrogens with one attached hydrogen (secondary N) is 1. The van der Waals surface area contributed by atoms with E-state index in [2.05, 4.69) is 29.9 Å². The fourth-order valence-corrected chi connectivity index (χ4v) is 3.86. The molecule has 0 radical (unpaired) electrons. The van der Waals surface area contributed by atoms with Crippen LogP contribution in [-0.2, 0) is 21.1 Å². The van der Waals surface area contributed by atoms with Crippen molar-refractivity contribution in [2.75, 3.05) is 13.2 Å². The number of carbonyl (C=O) groups excluding carboxylic acids is 2. The molecule has 1 saturated heterocycles. The third kappa shape index (κ3) is 6.67. The normalized spacial score (nSPS) is 19.0. The standard InChI is InChI=1S/C19H32N4O5Si/c1-14(19(26)27)23-8-6-5-7-15(18(23)25)21-17(24)16-11-20-12-22(16)13-28-9-10-29(2,3)4/h11-12,14-15H,5-10,13H2,1-4H3,(H,21,24)(H,26,27)/t14?,15-/m0/s1. The molecule has 1 aliphatic rings. The van der Waals surface area contributed by atoms with Crippen LogP contribution in [0.3, 0.4) is 0 Å². The van der Waals surface area contributed by atoms with E-state index < -0.39 is 32.0 Å². The molecule has 0 aliphatic carbocycles. The molecule has 29 heavy (non-hydrogen) atoms. The van der Waals surface area contributed by atoms with E-state index in [4.69, 9.17) is 4.74 Å². The number of likely N-dealkylation sites (tertiary alicyclic amines) is 1. The van der Waals surface area contributed by atoms with E-state index in [0.29, 0.717) is 31.7 Å². The number of aliphatic carboxylic acids is 1. The molecule has 9 nitrogen and oxygen atoms in total. The first-order valence-corrected chi connectivity index (χ1v) is 13.7. The molecule has 2 rings (SSSR count). The molecule has 1 fully saturated rings. The van der Waals surface area contributed by atoms with E-state index in [-0.39, 0.29) is 12.6 Å². The summed E-state index contributed by atoms with van der Waals surface area (Å²) in [4.78, 5) is 42.2. The van der Waals surface area contributed by atoms with Gasteiger partial charge in [0.05, 0.1) is 12.5 Å². The Morgan fingerprint density at radius 3 is 2.76 bits per heavy atom. The highest BCUT2D eigenvalue weighted by atomic mass is 28.3. The van der Waals surface area contributed by atoms with Gasteiger partial charge in [-0.2, -0.15) is 0 Å². The zero-order valence-electron chi connectivity index (χ0n) is 17.7. The van der Waals surface area contributed by atoms with Crippen LogP contribution in [0.2, 0.25) is 25.7 Å². The number of rotatable bonds is 9. The van der Waals surface area contributed by atoms with E-state index in [1.54, 1.807) is 4.57 Å². The van der Waals surface area contributed by atoms with E-state index in [1.807, 2.05) is 0 Å². The van der Waals surface area contributed by atoms with Crippen LogP contribution >= 0.6 is 0 Å². The topological polar surface area (TPSA) is 114 Å². The number of hydrogen-bond donors (Lipinski definition) is 2. The zero-order chi connectivity index (χ0) is 21.6. The molecule has 0 spiro atoms. The van der Waals surface area contributed by atoms with Crippen LogP contribution in [0.15, 0.2) is 12.5 Å². The maximum Gasteiger partial charge on any atom is 0.326 e. The summed E-state index contributed by atoms with van der Waals surface area (Å²) in [6.07, 6.45) is 4.89. The first-order valence-electron chi connectivity index (χ1n) is 10.0. The summed E-state index contributed by atoms with van der Waals surface area (Å²) >= 11 is 0. The van der Waals surface area contributed by atoms with E-state index >= 15 is 0 Å². The maximum absolute atomic E-state index is 12.8. The van der Waals surface area contributed by atoms with Crippen molar-refractivity contribution in [3.8, 4) is 0 Å². The predicted molar refractivity (Wildman–Crippen MR) is 110 cm³/mol. The molecule has 0 bridgehead atoms. The molecule has 2 N–H and O–H groups in total. The summed E-state index contributed by atoms with van der Waals surface area (Å²) in [5, 5.41) is 12.0. The van der Waals surface area contributed by atoms with Crippen molar-refractivity contribution in [3.63, 3.8) is 0 Å². The Kier molecular flexibility index (Phi) is 7.97. The Morgan fingerprint density at radius 2 is 2.10 bits per heavy atom. The van der Waals surface area contributed by atoms with E-state index in [1.165, 1.54) is 24.3 Å². The molecule has 2 atom stereocenters. The summed E-state index contributed by atoms with van der Waals surface area (Å²) in [7, 11) is -1.19. The van der Waals surface area contributed by atoms with Crippen LogP contribution in [0.25, 0.3) is 0 Å². The Balaban J connectivity index is 1.99. The summed E-state index contributed by atoms with van der Waals surface area (Å²) in [5.74, 6) is -1.83. The van der Waals surface area contributed by atoms with E-state index in [0.717, 1.165) is 12.5 Å². The van der Waals surface area contributed by atoms with Gasteiger partial charge in [0.2, 0.25) is 5.91 Å². The van der Waals surface area contributed by atoms with Crippen LogP contribution in [0.1, 0.15) is 36.7 Å². The number of carboxylic acids is 1. The lowest BCUT2D eigenvalue weighted by molar-refractivity contribution is -0.149. The van der Waals surface area contributed by atoms with Gasteiger partial charge in [0, 0.05) is 21.2 Å². The van der Waals surface area contributed by atoms with Gasteiger partial charge in [-0.15, -0.1) is 0 Å². The molecule has 1 aromatic heterocycles. The molecule has 162 valence electrons. The minimum absolute atomic E-state index is 0.216.